The number of rotatable bonds is 3. The van der Waals surface area contributed by atoms with Crippen LogP contribution in [0.5, 0.6) is 0 Å². The minimum absolute atomic E-state index is 0.137. The fraction of sp³-hybridized carbons (Fsp3) is 0.389. The first kappa shape index (κ1) is 16.9. The smallest absolute Gasteiger partial charge is 0.274 e. The molecule has 0 radical (unpaired) electrons. The number of aryl methyl sites for hydroxylation is 2. The van der Waals surface area contributed by atoms with Gasteiger partial charge in [-0.05, 0) is 58.7 Å². The van der Waals surface area contributed by atoms with Crippen molar-refractivity contribution in [2.75, 3.05) is 10.6 Å². The molecule has 0 atom stereocenters. The average Bonchev–Trinajstić information content (AvgIpc) is 2.41. The summed E-state index contributed by atoms with van der Waals surface area (Å²) < 4.78 is 0. The van der Waals surface area contributed by atoms with Gasteiger partial charge in [-0.2, -0.15) is 0 Å². The minimum atomic E-state index is -0.235. The molecule has 2 rings (SSSR count). The molecule has 0 bridgehead atoms. The molecule has 0 fully saturated rings. The molecule has 122 valence electrons. The third-order valence-electron chi connectivity index (χ3n) is 3.43. The molecule has 0 unspecified atom stereocenters. The van der Waals surface area contributed by atoms with E-state index in [9.17, 15) is 4.79 Å². The SMILES string of the molecule is Cc1nc(NC(C)(C)C)cc(C(=O)Nc2cccc(C)c2C)n1. The van der Waals surface area contributed by atoms with Gasteiger partial charge in [0.2, 0.25) is 0 Å². The second-order valence-electron chi connectivity index (χ2n) is 6.76. The van der Waals surface area contributed by atoms with E-state index in [2.05, 4.69) is 20.6 Å². The van der Waals surface area contributed by atoms with Crippen LogP contribution in [-0.4, -0.2) is 21.4 Å². The highest BCUT2D eigenvalue weighted by atomic mass is 16.1. The molecule has 1 aromatic heterocycles. The number of carbonyl (C=O) groups is 1. The van der Waals surface area contributed by atoms with Gasteiger partial charge in [0.05, 0.1) is 0 Å². The zero-order valence-electron chi connectivity index (χ0n) is 14.6. The fourth-order valence-electron chi connectivity index (χ4n) is 2.21. The van der Waals surface area contributed by atoms with E-state index in [1.165, 1.54) is 0 Å². The van der Waals surface area contributed by atoms with Crippen LogP contribution < -0.4 is 10.6 Å². The van der Waals surface area contributed by atoms with Crippen LogP contribution in [0.3, 0.4) is 0 Å². The predicted octanol–water partition coefficient (Wildman–Crippen LogP) is 3.86. The molecule has 1 amide bonds. The van der Waals surface area contributed by atoms with Gasteiger partial charge < -0.3 is 10.6 Å². The van der Waals surface area contributed by atoms with E-state index < -0.39 is 0 Å². The summed E-state index contributed by atoms with van der Waals surface area (Å²) in [6.45, 7) is 11.9. The molecule has 5 heteroatoms. The summed E-state index contributed by atoms with van der Waals surface area (Å²) in [6, 6.07) is 7.52. The number of hydrogen-bond acceptors (Lipinski definition) is 4. The van der Waals surface area contributed by atoms with Crippen LogP contribution in [0.15, 0.2) is 24.3 Å². The second kappa shape index (κ2) is 6.36. The van der Waals surface area contributed by atoms with Gasteiger partial charge in [0, 0.05) is 17.3 Å². The summed E-state index contributed by atoms with van der Waals surface area (Å²) in [5.74, 6) is 0.975. The summed E-state index contributed by atoms with van der Waals surface area (Å²) in [5.41, 5.74) is 3.21. The van der Waals surface area contributed by atoms with Crippen molar-refractivity contribution < 1.29 is 4.79 Å². The Morgan fingerprint density at radius 1 is 1.09 bits per heavy atom. The molecule has 1 aromatic carbocycles. The first-order valence-electron chi connectivity index (χ1n) is 7.67. The monoisotopic (exact) mass is 312 g/mol. The maximum Gasteiger partial charge on any atom is 0.274 e. The van der Waals surface area contributed by atoms with E-state index in [1.807, 2.05) is 52.8 Å². The zero-order chi connectivity index (χ0) is 17.2. The number of benzene rings is 1. The molecule has 0 spiro atoms. The molecule has 0 saturated heterocycles. The molecule has 2 N–H and O–H groups in total. The topological polar surface area (TPSA) is 66.9 Å². The van der Waals surface area contributed by atoms with Crippen LogP contribution in [0.25, 0.3) is 0 Å². The molecular weight excluding hydrogens is 288 g/mol. The third-order valence-corrected chi connectivity index (χ3v) is 3.43. The molecule has 2 aromatic rings. The number of nitrogens with zero attached hydrogens (tertiary/aromatic N) is 2. The molecule has 0 saturated carbocycles. The van der Waals surface area contributed by atoms with Crippen molar-refractivity contribution in [2.24, 2.45) is 0 Å². The lowest BCUT2D eigenvalue weighted by Crippen LogP contribution is -2.27. The minimum Gasteiger partial charge on any atom is -0.365 e. The maximum absolute atomic E-state index is 12.5. The second-order valence-corrected chi connectivity index (χ2v) is 6.76. The molecule has 0 aliphatic carbocycles. The summed E-state index contributed by atoms with van der Waals surface area (Å²) in [6.07, 6.45) is 0. The van der Waals surface area contributed by atoms with Crippen LogP contribution in [0.2, 0.25) is 0 Å². The normalized spacial score (nSPS) is 11.2. The van der Waals surface area contributed by atoms with Gasteiger partial charge in [0.15, 0.2) is 0 Å². The van der Waals surface area contributed by atoms with Crippen LogP contribution in [0.1, 0.15) is 48.2 Å². The molecule has 23 heavy (non-hydrogen) atoms. The molecule has 0 aliphatic rings. The van der Waals surface area contributed by atoms with Crippen LogP contribution in [-0.2, 0) is 0 Å². The lowest BCUT2D eigenvalue weighted by Gasteiger charge is -2.21. The summed E-state index contributed by atoms with van der Waals surface area (Å²) in [4.78, 5) is 21.1. The summed E-state index contributed by atoms with van der Waals surface area (Å²) >= 11 is 0. The quantitative estimate of drug-likeness (QED) is 0.903. The molecule has 0 aliphatic heterocycles. The highest BCUT2D eigenvalue weighted by molar-refractivity contribution is 6.03. The summed E-state index contributed by atoms with van der Waals surface area (Å²) in [7, 11) is 0. The Kier molecular flexibility index (Phi) is 4.68. The van der Waals surface area contributed by atoms with E-state index in [4.69, 9.17) is 0 Å². The lowest BCUT2D eigenvalue weighted by atomic mass is 10.1. The van der Waals surface area contributed by atoms with Gasteiger partial charge in [0.1, 0.15) is 17.3 Å². The Hall–Kier alpha value is -2.43. The van der Waals surface area contributed by atoms with Crippen molar-refractivity contribution in [1.82, 2.24) is 9.97 Å². The predicted molar refractivity (Wildman–Crippen MR) is 94.0 cm³/mol. The van der Waals surface area contributed by atoms with Crippen molar-refractivity contribution in [3.8, 4) is 0 Å². The summed E-state index contributed by atoms with van der Waals surface area (Å²) in [5, 5.41) is 6.20. The Labute approximate surface area is 137 Å². The van der Waals surface area contributed by atoms with Gasteiger partial charge in [-0.1, -0.05) is 12.1 Å². The number of hydrogen-bond donors (Lipinski definition) is 2. The van der Waals surface area contributed by atoms with Gasteiger partial charge in [0.25, 0.3) is 5.91 Å². The number of carbonyl (C=O) groups excluding carboxylic acids is 1. The van der Waals surface area contributed by atoms with Crippen LogP contribution >= 0.6 is 0 Å². The molecular formula is C18H24N4O. The first-order chi connectivity index (χ1) is 10.7. The molecule has 1 heterocycles. The van der Waals surface area contributed by atoms with Crippen molar-refractivity contribution in [1.29, 1.82) is 0 Å². The largest absolute Gasteiger partial charge is 0.365 e. The highest BCUT2D eigenvalue weighted by Gasteiger charge is 2.15. The van der Waals surface area contributed by atoms with Crippen molar-refractivity contribution >= 4 is 17.4 Å². The number of aromatic nitrogens is 2. The van der Waals surface area contributed by atoms with E-state index in [-0.39, 0.29) is 11.4 Å². The van der Waals surface area contributed by atoms with Crippen LogP contribution in [0.4, 0.5) is 11.5 Å². The lowest BCUT2D eigenvalue weighted by molar-refractivity contribution is 0.102. The van der Waals surface area contributed by atoms with Crippen molar-refractivity contribution in [2.45, 2.75) is 47.1 Å². The van der Waals surface area contributed by atoms with Gasteiger partial charge in [-0.3, -0.25) is 4.79 Å². The molecule has 5 nitrogen and oxygen atoms in total. The van der Waals surface area contributed by atoms with Crippen molar-refractivity contribution in [3.63, 3.8) is 0 Å². The van der Waals surface area contributed by atoms with Crippen molar-refractivity contribution in [3.05, 3.63) is 46.9 Å². The number of amides is 1. The van der Waals surface area contributed by atoms with E-state index in [0.717, 1.165) is 16.8 Å². The zero-order valence-corrected chi connectivity index (χ0v) is 14.6. The Morgan fingerprint density at radius 3 is 2.43 bits per heavy atom. The first-order valence-corrected chi connectivity index (χ1v) is 7.67. The number of nitrogens with one attached hydrogen (secondary N) is 2. The Balaban J connectivity index is 2.27. The standard InChI is InChI=1S/C18H24N4O/c1-11-8-7-9-14(12(11)2)21-17(23)15-10-16(20-13(3)19-15)22-18(4,5)6/h7-10H,1-6H3,(H,21,23)(H,19,20,22). The Bertz CT molecular complexity index is 732. The fourth-order valence-corrected chi connectivity index (χ4v) is 2.21. The van der Waals surface area contributed by atoms with Gasteiger partial charge >= 0.3 is 0 Å². The highest BCUT2D eigenvalue weighted by Crippen LogP contribution is 2.19. The third kappa shape index (κ3) is 4.52. The van der Waals surface area contributed by atoms with E-state index in [1.54, 1.807) is 13.0 Å². The van der Waals surface area contributed by atoms with E-state index in [0.29, 0.717) is 17.3 Å². The number of anilines is 2. The average molecular weight is 312 g/mol. The maximum atomic E-state index is 12.5. The van der Waals surface area contributed by atoms with E-state index >= 15 is 0 Å². The van der Waals surface area contributed by atoms with Gasteiger partial charge in [-0.15, -0.1) is 0 Å². The van der Waals surface area contributed by atoms with Crippen LogP contribution in [0, 0.1) is 20.8 Å². The Morgan fingerprint density at radius 2 is 1.78 bits per heavy atom. The van der Waals surface area contributed by atoms with Gasteiger partial charge in [-0.25, -0.2) is 9.97 Å².